The molecule has 67 heavy (non-hydrogen) atoms. The lowest BCUT2D eigenvalue weighted by Gasteiger charge is -2.37. The van der Waals surface area contributed by atoms with E-state index >= 15 is 0 Å². The molecule has 8 N–H and O–H groups in total. The van der Waals surface area contributed by atoms with E-state index in [-0.39, 0.29) is 105 Å². The van der Waals surface area contributed by atoms with Gasteiger partial charge in [-0.3, -0.25) is 43.3 Å². The Bertz CT molecular complexity index is 2250. The van der Waals surface area contributed by atoms with Crippen LogP contribution in [0.4, 0.5) is 0 Å². The lowest BCUT2D eigenvalue weighted by atomic mass is 9.72. The van der Waals surface area contributed by atoms with Crippen molar-refractivity contribution in [2.24, 2.45) is 5.92 Å². The predicted octanol–water partition coefficient (Wildman–Crippen LogP) is -1.15. The van der Waals surface area contributed by atoms with E-state index < -0.39 is 94.5 Å². The number of ketones is 2. The molecule has 22 nitrogen and oxygen atoms in total. The van der Waals surface area contributed by atoms with Crippen molar-refractivity contribution in [1.29, 1.82) is 0 Å². The molecule has 0 unspecified atom stereocenters. The predicted molar refractivity (Wildman–Crippen MR) is 232 cm³/mol. The lowest BCUT2D eigenvalue weighted by molar-refractivity contribution is -0.144. The number of phenolic OH excluding ortho intramolecular Hbond substituents is 2. The number of aliphatic hydroxyl groups excluding tert-OH is 1. The van der Waals surface area contributed by atoms with Crippen molar-refractivity contribution >= 4 is 47.0 Å². The second-order valence-electron chi connectivity index (χ2n) is 16.2. The number of carbonyl (C=O) groups is 8. The van der Waals surface area contributed by atoms with Gasteiger partial charge in [-0.05, 0) is 18.9 Å². The van der Waals surface area contributed by atoms with Gasteiger partial charge in [0.25, 0.3) is 17.7 Å². The van der Waals surface area contributed by atoms with Crippen LogP contribution >= 0.6 is 0 Å². The van der Waals surface area contributed by atoms with Crippen LogP contribution in [0.3, 0.4) is 0 Å². The van der Waals surface area contributed by atoms with Crippen molar-refractivity contribution in [2.75, 3.05) is 79.6 Å². The summed E-state index contributed by atoms with van der Waals surface area (Å²) in [4.78, 5) is 103. The Labute approximate surface area is 385 Å². The number of carbonyl (C=O) groups excluding carboxylic acids is 8. The highest BCUT2D eigenvalue weighted by Crippen LogP contribution is 2.51. The number of aliphatic hydroxyl groups is 2. The van der Waals surface area contributed by atoms with Crippen molar-refractivity contribution in [3.63, 3.8) is 0 Å². The van der Waals surface area contributed by atoms with Crippen molar-refractivity contribution < 1.29 is 82.5 Å². The zero-order valence-corrected chi connectivity index (χ0v) is 37.6. The number of phenols is 2. The molecule has 2 aromatic rings. The number of fused-ring (bicyclic) bond motifs is 3. The number of hydrogen-bond acceptors (Lipinski definition) is 17. The molecule has 4 atom stereocenters. The normalized spacial score (nSPS) is 18.3. The second kappa shape index (κ2) is 23.4. The number of rotatable bonds is 25. The van der Waals surface area contributed by atoms with Crippen LogP contribution in [0.5, 0.6) is 17.2 Å². The van der Waals surface area contributed by atoms with Crippen molar-refractivity contribution in [3.8, 4) is 17.2 Å². The van der Waals surface area contributed by atoms with E-state index in [0.29, 0.717) is 19.8 Å². The van der Waals surface area contributed by atoms with Crippen LogP contribution in [-0.2, 0) is 54.1 Å². The number of imide groups is 1. The Morgan fingerprint density at radius 2 is 1.34 bits per heavy atom. The van der Waals surface area contributed by atoms with Crippen LogP contribution in [-0.4, -0.2) is 170 Å². The van der Waals surface area contributed by atoms with Gasteiger partial charge in [0.1, 0.15) is 34.9 Å². The maximum atomic E-state index is 13.6. The molecule has 22 heteroatoms. The van der Waals surface area contributed by atoms with Crippen LogP contribution in [0.15, 0.2) is 30.4 Å². The molecule has 6 amide bonds. The van der Waals surface area contributed by atoms with Gasteiger partial charge in [0.05, 0.1) is 89.3 Å². The van der Waals surface area contributed by atoms with Gasteiger partial charge in [0.2, 0.25) is 23.5 Å². The number of benzene rings is 2. The van der Waals surface area contributed by atoms with Gasteiger partial charge in [-0.1, -0.05) is 26.0 Å². The first kappa shape index (κ1) is 51.7. The largest absolute Gasteiger partial charge is 0.507 e. The molecule has 0 bridgehead atoms. The number of aromatic hydroxyl groups is 2. The molecule has 5 rings (SSSR count). The minimum atomic E-state index is -2.35. The number of ether oxygens (including phenoxy) is 5. The molecule has 2 aliphatic carbocycles. The third-order valence-electron chi connectivity index (χ3n) is 11.2. The number of nitrogens with one attached hydrogen (secondary N) is 4. The molecule has 0 saturated carbocycles. The summed E-state index contributed by atoms with van der Waals surface area (Å²) in [5, 5.41) is 55.2. The minimum absolute atomic E-state index is 0.0458. The fourth-order valence-corrected chi connectivity index (χ4v) is 7.68. The Kier molecular flexibility index (Phi) is 18.1. The fourth-order valence-electron chi connectivity index (χ4n) is 7.68. The summed E-state index contributed by atoms with van der Waals surface area (Å²) in [6.07, 6.45) is -0.677. The Hall–Kier alpha value is -6.30. The van der Waals surface area contributed by atoms with E-state index in [1.807, 2.05) is 0 Å². The van der Waals surface area contributed by atoms with Gasteiger partial charge >= 0.3 is 0 Å². The molecule has 0 fully saturated rings. The summed E-state index contributed by atoms with van der Waals surface area (Å²) in [5.74, 6) is -6.89. The third-order valence-corrected chi connectivity index (χ3v) is 11.2. The standard InChI is InChI=1S/C45H57N5O17/c1-24(2)37(49-30(52)10-14-64-16-18-66-20-21-67-19-17-65-15-13-50-31(53)8-9-32(50)54)43(60)48-25(3)42(59)46-11-12-47-44(61)45(62)22-27-33(28(51)23-45)40(57)36-35(39(27)56)38(55)26-6-5-7-29(63-4)34(26)41(36)58/h5-9,24-25,28,37,51,56-57,62H,10-23H2,1-4H3,(H,46,59)(H,47,61)(H,48,60)(H,49,52)/t25-,28-,37-,45-/m0/s1. The first-order valence-electron chi connectivity index (χ1n) is 21.7. The topological polar surface area (TPSA) is 315 Å². The van der Waals surface area contributed by atoms with Gasteiger partial charge in [-0.2, -0.15) is 0 Å². The SMILES string of the molecule is COc1cccc2c1C(=O)c1c(O)c3c(c(O)c1C2=O)C[C@@](O)(C(=O)NCCNC(=O)[C@H](C)NC(=O)[C@@H](NC(=O)CCOCCOCCOCCOCCN1C(=O)C=CC1=O)C(C)C)C[C@@H]3O. The highest BCUT2D eigenvalue weighted by molar-refractivity contribution is 6.31. The van der Waals surface area contributed by atoms with Crippen LogP contribution < -0.4 is 26.0 Å². The van der Waals surface area contributed by atoms with E-state index in [0.717, 1.165) is 4.90 Å². The van der Waals surface area contributed by atoms with E-state index in [4.69, 9.17) is 23.7 Å². The molecule has 1 aliphatic heterocycles. The van der Waals surface area contributed by atoms with Crippen molar-refractivity contribution in [3.05, 3.63) is 63.7 Å². The van der Waals surface area contributed by atoms with E-state index in [2.05, 4.69) is 21.3 Å². The Morgan fingerprint density at radius 3 is 1.96 bits per heavy atom. The molecule has 0 aromatic heterocycles. The van der Waals surface area contributed by atoms with Gasteiger partial charge in [-0.25, -0.2) is 0 Å². The monoisotopic (exact) mass is 939 g/mol. The van der Waals surface area contributed by atoms with Gasteiger partial charge in [0, 0.05) is 61.2 Å². The average Bonchev–Trinajstić information content (AvgIpc) is 3.61. The summed E-state index contributed by atoms with van der Waals surface area (Å²) in [6, 6.07) is 2.23. The first-order chi connectivity index (χ1) is 31.9. The number of hydrogen-bond donors (Lipinski definition) is 8. The molecule has 3 aliphatic rings. The smallest absolute Gasteiger partial charge is 0.253 e. The molecular weight excluding hydrogens is 883 g/mol. The van der Waals surface area contributed by atoms with E-state index in [9.17, 15) is 58.8 Å². The maximum absolute atomic E-state index is 13.6. The van der Waals surface area contributed by atoms with Crippen LogP contribution in [0.1, 0.15) is 82.7 Å². The van der Waals surface area contributed by atoms with E-state index in [1.54, 1.807) is 13.8 Å². The Morgan fingerprint density at radius 1 is 0.761 bits per heavy atom. The number of nitrogens with zero attached hydrogens (tertiary/aromatic N) is 1. The van der Waals surface area contributed by atoms with Gasteiger partial charge in [0.15, 0.2) is 5.78 Å². The molecule has 1 heterocycles. The summed E-state index contributed by atoms with van der Waals surface area (Å²) in [7, 11) is 1.30. The maximum Gasteiger partial charge on any atom is 0.253 e. The van der Waals surface area contributed by atoms with Gasteiger partial charge < -0.3 is 65.4 Å². The molecule has 0 saturated heterocycles. The number of methoxy groups -OCH3 is 1. The quantitative estimate of drug-likeness (QED) is 0.0283. The summed E-state index contributed by atoms with van der Waals surface area (Å²) in [5.41, 5.74) is -4.27. The summed E-state index contributed by atoms with van der Waals surface area (Å²) < 4.78 is 26.9. The summed E-state index contributed by atoms with van der Waals surface area (Å²) in [6.45, 7) is 6.54. The van der Waals surface area contributed by atoms with Crippen LogP contribution in [0.2, 0.25) is 0 Å². The second-order valence-corrected chi connectivity index (χ2v) is 16.2. The Balaban J connectivity index is 0.971. The number of amides is 6. The first-order valence-corrected chi connectivity index (χ1v) is 21.7. The van der Waals surface area contributed by atoms with Crippen LogP contribution in [0.25, 0.3) is 0 Å². The highest BCUT2D eigenvalue weighted by Gasteiger charge is 2.48. The van der Waals surface area contributed by atoms with Crippen LogP contribution in [0, 0.1) is 5.92 Å². The molecule has 364 valence electrons. The van der Waals surface area contributed by atoms with Crippen molar-refractivity contribution in [1.82, 2.24) is 26.2 Å². The van der Waals surface area contributed by atoms with Gasteiger partial charge in [-0.15, -0.1) is 0 Å². The zero-order valence-electron chi connectivity index (χ0n) is 37.6. The molecule has 0 spiro atoms. The molecule has 2 aromatic carbocycles. The zero-order chi connectivity index (χ0) is 49.0. The lowest BCUT2D eigenvalue weighted by Crippen LogP contribution is -2.55. The third kappa shape index (κ3) is 12.4. The minimum Gasteiger partial charge on any atom is -0.507 e. The summed E-state index contributed by atoms with van der Waals surface area (Å²) >= 11 is 0. The molecular formula is C45H57N5O17. The molecule has 0 radical (unpaired) electrons. The van der Waals surface area contributed by atoms with Crippen molar-refractivity contribution in [2.45, 2.75) is 63.8 Å². The highest BCUT2D eigenvalue weighted by atomic mass is 16.6. The average molecular weight is 940 g/mol. The van der Waals surface area contributed by atoms with E-state index in [1.165, 1.54) is 44.4 Å². The fraction of sp³-hybridized carbons (Fsp3) is 0.511.